The lowest BCUT2D eigenvalue weighted by molar-refractivity contribution is 0.567. The molecule has 0 saturated carbocycles. The first-order valence-electron chi connectivity index (χ1n) is 6.34. The molecule has 0 saturated heterocycles. The highest BCUT2D eigenvalue weighted by Crippen LogP contribution is 2.30. The zero-order chi connectivity index (χ0) is 15.6. The summed E-state index contributed by atoms with van der Waals surface area (Å²) in [7, 11) is -1.75. The summed E-state index contributed by atoms with van der Waals surface area (Å²) in [6.45, 7) is 4.17. The van der Waals surface area contributed by atoms with E-state index in [2.05, 4.69) is 10.0 Å². The van der Waals surface area contributed by atoms with Gasteiger partial charge in [-0.25, -0.2) is 13.1 Å². The fraction of sp³-hybridized carbons (Fsp3) is 0.385. The van der Waals surface area contributed by atoms with E-state index in [1.165, 1.54) is 22.7 Å². The Labute approximate surface area is 138 Å². The van der Waals surface area contributed by atoms with E-state index >= 15 is 0 Å². The molecule has 0 radical (unpaired) electrons. The standard InChI is InChI=1S/C13H17ClN2O2S3/c1-8-7-19-11(6-15-3)13(8)21(17,18)16-9(2)10-4-5-12(14)20-10/h4-5,7,9,15-16H,6H2,1-3H3. The molecule has 2 aromatic rings. The van der Waals surface area contributed by atoms with Crippen LogP contribution < -0.4 is 10.0 Å². The van der Waals surface area contributed by atoms with Crippen LogP contribution in [0.4, 0.5) is 0 Å². The number of hydrogen-bond donors (Lipinski definition) is 2. The van der Waals surface area contributed by atoms with Crippen LogP contribution in [-0.2, 0) is 16.6 Å². The SMILES string of the molecule is CNCc1scc(C)c1S(=O)(=O)NC(C)c1ccc(Cl)s1. The van der Waals surface area contributed by atoms with Crippen molar-refractivity contribution in [2.45, 2.75) is 31.3 Å². The molecule has 2 rings (SSSR count). The van der Waals surface area contributed by atoms with Gasteiger partial charge in [-0.2, -0.15) is 0 Å². The third-order valence-corrected chi connectivity index (χ3v) is 7.37. The van der Waals surface area contributed by atoms with Gasteiger partial charge in [0.15, 0.2) is 0 Å². The van der Waals surface area contributed by atoms with Gasteiger partial charge in [-0.15, -0.1) is 22.7 Å². The van der Waals surface area contributed by atoms with Crippen LogP contribution in [0, 0.1) is 6.92 Å². The molecule has 0 aliphatic carbocycles. The number of aryl methyl sites for hydroxylation is 1. The molecule has 4 nitrogen and oxygen atoms in total. The molecule has 2 heterocycles. The molecule has 1 unspecified atom stereocenters. The van der Waals surface area contributed by atoms with Gasteiger partial charge in [0.05, 0.1) is 10.4 Å². The first-order valence-corrected chi connectivity index (χ1v) is 9.90. The van der Waals surface area contributed by atoms with Crippen LogP contribution in [0.2, 0.25) is 4.34 Å². The van der Waals surface area contributed by atoms with E-state index in [9.17, 15) is 8.42 Å². The van der Waals surface area contributed by atoms with Crippen LogP contribution in [0.3, 0.4) is 0 Å². The van der Waals surface area contributed by atoms with Crippen molar-refractivity contribution in [1.29, 1.82) is 0 Å². The fourth-order valence-electron chi connectivity index (χ4n) is 2.04. The molecule has 0 aromatic carbocycles. The number of halogens is 1. The largest absolute Gasteiger partial charge is 0.315 e. The Morgan fingerprint density at radius 1 is 1.38 bits per heavy atom. The van der Waals surface area contributed by atoms with E-state index in [1.54, 1.807) is 13.1 Å². The summed E-state index contributed by atoms with van der Waals surface area (Å²) in [5.74, 6) is 0. The normalized spacial score (nSPS) is 13.5. The minimum atomic E-state index is -3.55. The van der Waals surface area contributed by atoms with Crippen molar-refractivity contribution in [1.82, 2.24) is 10.0 Å². The van der Waals surface area contributed by atoms with E-state index in [-0.39, 0.29) is 6.04 Å². The minimum absolute atomic E-state index is 0.311. The molecule has 0 amide bonds. The number of sulfonamides is 1. The van der Waals surface area contributed by atoms with Crippen molar-refractivity contribution in [3.8, 4) is 0 Å². The van der Waals surface area contributed by atoms with Gasteiger partial charge in [0.1, 0.15) is 4.90 Å². The highest BCUT2D eigenvalue weighted by Gasteiger charge is 2.25. The molecule has 8 heteroatoms. The van der Waals surface area contributed by atoms with Crippen LogP contribution in [0.25, 0.3) is 0 Å². The molecule has 0 aliphatic rings. The molecular weight excluding hydrogens is 348 g/mol. The maximum absolute atomic E-state index is 12.6. The summed E-state index contributed by atoms with van der Waals surface area (Å²) in [5.41, 5.74) is 0.772. The van der Waals surface area contributed by atoms with Gasteiger partial charge in [0.25, 0.3) is 0 Å². The van der Waals surface area contributed by atoms with Crippen LogP contribution >= 0.6 is 34.3 Å². The van der Waals surface area contributed by atoms with Gasteiger partial charge in [0.2, 0.25) is 10.0 Å². The van der Waals surface area contributed by atoms with E-state index in [0.29, 0.717) is 15.8 Å². The highest BCUT2D eigenvalue weighted by atomic mass is 35.5. The van der Waals surface area contributed by atoms with Crippen molar-refractivity contribution in [3.05, 3.63) is 37.2 Å². The van der Waals surface area contributed by atoms with Gasteiger partial charge in [0, 0.05) is 16.3 Å². The van der Waals surface area contributed by atoms with Crippen LogP contribution in [0.15, 0.2) is 22.4 Å². The Hall–Kier alpha value is -0.440. The average molecular weight is 365 g/mol. The third kappa shape index (κ3) is 3.85. The summed E-state index contributed by atoms with van der Waals surface area (Å²) in [4.78, 5) is 2.10. The quantitative estimate of drug-likeness (QED) is 0.824. The second-order valence-corrected chi connectivity index (χ2v) is 9.05. The molecule has 0 aliphatic heterocycles. The molecule has 116 valence electrons. The predicted molar refractivity (Wildman–Crippen MR) is 89.9 cm³/mol. The van der Waals surface area contributed by atoms with Gasteiger partial charge in [-0.05, 0) is 44.0 Å². The van der Waals surface area contributed by atoms with Gasteiger partial charge in [-0.3, -0.25) is 0 Å². The number of nitrogens with one attached hydrogen (secondary N) is 2. The van der Waals surface area contributed by atoms with E-state index in [4.69, 9.17) is 11.6 Å². The molecule has 2 N–H and O–H groups in total. The number of rotatable bonds is 6. The van der Waals surface area contributed by atoms with Gasteiger partial charge >= 0.3 is 0 Å². The summed E-state index contributed by atoms with van der Waals surface area (Å²) >= 11 is 8.74. The Morgan fingerprint density at radius 2 is 2.10 bits per heavy atom. The minimum Gasteiger partial charge on any atom is -0.315 e. The summed E-state index contributed by atoms with van der Waals surface area (Å²) in [6, 6.07) is 3.30. The van der Waals surface area contributed by atoms with E-state index in [1.807, 2.05) is 25.3 Å². The number of hydrogen-bond acceptors (Lipinski definition) is 5. The summed E-state index contributed by atoms with van der Waals surface area (Å²) in [6.07, 6.45) is 0. The zero-order valence-corrected chi connectivity index (χ0v) is 15.1. The van der Waals surface area contributed by atoms with Crippen molar-refractivity contribution >= 4 is 44.3 Å². The molecule has 0 fully saturated rings. The van der Waals surface area contributed by atoms with Crippen LogP contribution in [-0.4, -0.2) is 15.5 Å². The zero-order valence-electron chi connectivity index (χ0n) is 11.9. The molecule has 1 atom stereocenters. The van der Waals surface area contributed by atoms with Gasteiger partial charge < -0.3 is 5.32 Å². The Bertz CT molecular complexity index is 722. The predicted octanol–water partition coefficient (Wildman–Crippen LogP) is 3.53. The first kappa shape index (κ1) is 16.9. The maximum Gasteiger partial charge on any atom is 0.242 e. The van der Waals surface area contributed by atoms with Crippen molar-refractivity contribution in [3.63, 3.8) is 0 Å². The van der Waals surface area contributed by atoms with Crippen LogP contribution in [0.5, 0.6) is 0 Å². The first-order chi connectivity index (χ1) is 9.85. The van der Waals surface area contributed by atoms with E-state index < -0.39 is 10.0 Å². The third-order valence-electron chi connectivity index (χ3n) is 2.95. The Kier molecular flexibility index (Phi) is 5.45. The lowest BCUT2D eigenvalue weighted by Gasteiger charge is -2.14. The molecular formula is C13H17ClN2O2S3. The second-order valence-electron chi connectivity index (χ2n) is 4.69. The van der Waals surface area contributed by atoms with Crippen molar-refractivity contribution in [2.75, 3.05) is 7.05 Å². The number of thiophene rings is 2. The average Bonchev–Trinajstić information content (AvgIpc) is 2.96. The summed E-state index contributed by atoms with van der Waals surface area (Å²) < 4.78 is 28.7. The maximum atomic E-state index is 12.6. The Balaban J connectivity index is 2.28. The highest BCUT2D eigenvalue weighted by molar-refractivity contribution is 7.89. The van der Waals surface area contributed by atoms with Crippen LogP contribution in [0.1, 0.15) is 28.3 Å². The summed E-state index contributed by atoms with van der Waals surface area (Å²) in [5, 5.41) is 4.87. The Morgan fingerprint density at radius 3 is 2.67 bits per heavy atom. The molecule has 0 spiro atoms. The van der Waals surface area contributed by atoms with Gasteiger partial charge in [-0.1, -0.05) is 11.6 Å². The molecule has 0 bridgehead atoms. The topological polar surface area (TPSA) is 58.2 Å². The smallest absolute Gasteiger partial charge is 0.242 e. The lowest BCUT2D eigenvalue weighted by atomic mass is 10.3. The van der Waals surface area contributed by atoms with Crippen molar-refractivity contribution in [2.24, 2.45) is 0 Å². The van der Waals surface area contributed by atoms with E-state index in [0.717, 1.165) is 15.3 Å². The molecule has 21 heavy (non-hydrogen) atoms. The fourth-order valence-corrected chi connectivity index (χ4v) is 6.23. The van der Waals surface area contributed by atoms with Crippen molar-refractivity contribution < 1.29 is 8.42 Å². The molecule has 2 aromatic heterocycles. The monoisotopic (exact) mass is 364 g/mol. The second kappa shape index (κ2) is 6.76. The lowest BCUT2D eigenvalue weighted by Crippen LogP contribution is -2.27.